The van der Waals surface area contributed by atoms with Crippen molar-refractivity contribution in [1.82, 2.24) is 4.31 Å². The summed E-state index contributed by atoms with van der Waals surface area (Å²) in [6.07, 6.45) is 0. The molecule has 10 heteroatoms. The van der Waals surface area contributed by atoms with Gasteiger partial charge in [-0.25, -0.2) is 0 Å². The zero-order chi connectivity index (χ0) is 17.0. The second kappa shape index (κ2) is 7.15. The monoisotopic (exact) mass is 340 g/mol. The number of thiocarbonyl (C=S) groups is 1. The van der Waals surface area contributed by atoms with Gasteiger partial charge in [-0.3, -0.25) is 20.2 Å². The fourth-order valence-corrected chi connectivity index (χ4v) is 2.86. The number of nitrogens with zero attached hydrogens (tertiary/aromatic N) is 4. The van der Waals surface area contributed by atoms with Crippen molar-refractivity contribution in [3.8, 4) is 6.07 Å². The molecular weight excluding hydrogens is 328 g/mol. The summed E-state index contributed by atoms with van der Waals surface area (Å²) < 4.78 is 1.54. The Morgan fingerprint density at radius 1 is 1.36 bits per heavy atom. The van der Waals surface area contributed by atoms with Crippen molar-refractivity contribution in [3.63, 3.8) is 0 Å². The quantitative estimate of drug-likeness (QED) is 0.348. The molecule has 0 atom stereocenters. The highest BCUT2D eigenvalue weighted by atomic mass is 32.2. The van der Waals surface area contributed by atoms with E-state index in [9.17, 15) is 20.2 Å². The van der Waals surface area contributed by atoms with Crippen molar-refractivity contribution in [2.45, 2.75) is 19.1 Å². The molecule has 1 aromatic rings. The molecule has 0 N–H and O–H groups in total. The highest BCUT2D eigenvalue weighted by Gasteiger charge is 2.28. The van der Waals surface area contributed by atoms with Gasteiger partial charge in [0.05, 0.1) is 21.5 Å². The van der Waals surface area contributed by atoms with Crippen molar-refractivity contribution in [2.24, 2.45) is 0 Å². The largest absolute Gasteiger partial charge is 0.309 e. The molecule has 1 rings (SSSR count). The molecule has 0 spiro atoms. The molecule has 0 aliphatic heterocycles. The Morgan fingerprint density at radius 2 is 1.95 bits per heavy atom. The van der Waals surface area contributed by atoms with E-state index in [2.05, 4.69) is 0 Å². The van der Waals surface area contributed by atoms with E-state index in [4.69, 9.17) is 17.5 Å². The van der Waals surface area contributed by atoms with Gasteiger partial charge in [-0.2, -0.15) is 5.26 Å². The zero-order valence-electron chi connectivity index (χ0n) is 12.0. The average Bonchev–Trinajstić information content (AvgIpc) is 2.43. The fourth-order valence-electron chi connectivity index (χ4n) is 1.70. The number of hydrogen-bond donors (Lipinski definition) is 0. The van der Waals surface area contributed by atoms with E-state index in [1.807, 2.05) is 13.8 Å². The van der Waals surface area contributed by atoms with E-state index in [0.29, 0.717) is 0 Å². The minimum absolute atomic E-state index is 0.0799. The van der Waals surface area contributed by atoms with E-state index in [1.165, 1.54) is 16.3 Å². The Balaban J connectivity index is 3.52. The Kier molecular flexibility index (Phi) is 5.78. The lowest BCUT2D eigenvalue weighted by Gasteiger charge is -2.21. The molecular formula is C12H12N4O4S2. The standard InChI is InChI=1S/C12H12N4O4S2/c1-7(2)22-14(3)12(21)11-8(6-13)4-9(15(17)18)5-10(11)16(19)20/h4-5,7H,1-3H3. The lowest BCUT2D eigenvalue weighted by molar-refractivity contribution is -0.394. The fraction of sp³-hybridized carbons (Fsp3) is 0.333. The highest BCUT2D eigenvalue weighted by Crippen LogP contribution is 2.31. The number of hydrogen-bond acceptors (Lipinski definition) is 7. The first kappa shape index (κ1) is 17.8. The summed E-state index contributed by atoms with van der Waals surface area (Å²) >= 11 is 6.54. The number of benzene rings is 1. The molecule has 116 valence electrons. The zero-order valence-corrected chi connectivity index (χ0v) is 13.6. The summed E-state index contributed by atoms with van der Waals surface area (Å²) in [4.78, 5) is 20.6. The molecule has 0 bridgehead atoms. The third-order valence-electron chi connectivity index (χ3n) is 2.50. The number of nitriles is 1. The van der Waals surface area contributed by atoms with Gasteiger partial charge in [0.25, 0.3) is 11.4 Å². The van der Waals surface area contributed by atoms with Crippen LogP contribution in [0.4, 0.5) is 11.4 Å². The van der Waals surface area contributed by atoms with E-state index in [0.717, 1.165) is 12.1 Å². The second-order valence-electron chi connectivity index (χ2n) is 4.47. The predicted molar refractivity (Wildman–Crippen MR) is 86.7 cm³/mol. The van der Waals surface area contributed by atoms with Crippen LogP contribution in [0.1, 0.15) is 25.0 Å². The summed E-state index contributed by atoms with van der Waals surface area (Å²) in [6, 6.07) is 3.55. The first-order chi connectivity index (χ1) is 10.2. The average molecular weight is 340 g/mol. The summed E-state index contributed by atoms with van der Waals surface area (Å²) in [5, 5.41) is 31.4. The van der Waals surface area contributed by atoms with Gasteiger partial charge in [-0.05, 0) is 11.9 Å². The molecule has 0 aliphatic carbocycles. The van der Waals surface area contributed by atoms with Gasteiger partial charge < -0.3 is 4.31 Å². The van der Waals surface area contributed by atoms with Crippen molar-refractivity contribution in [2.75, 3.05) is 7.05 Å². The molecule has 22 heavy (non-hydrogen) atoms. The van der Waals surface area contributed by atoms with Gasteiger partial charge in [0.2, 0.25) is 0 Å². The van der Waals surface area contributed by atoms with Gasteiger partial charge >= 0.3 is 0 Å². The number of non-ortho nitro benzene ring substituents is 1. The van der Waals surface area contributed by atoms with Crippen LogP contribution in [0.3, 0.4) is 0 Å². The van der Waals surface area contributed by atoms with Gasteiger partial charge in [0, 0.05) is 18.4 Å². The third kappa shape index (κ3) is 3.90. The first-order valence-corrected chi connectivity index (χ1v) is 7.25. The van der Waals surface area contributed by atoms with Crippen molar-refractivity contribution in [1.29, 1.82) is 5.26 Å². The molecule has 8 nitrogen and oxygen atoms in total. The van der Waals surface area contributed by atoms with Crippen LogP contribution >= 0.6 is 24.2 Å². The minimum Gasteiger partial charge on any atom is -0.309 e. The van der Waals surface area contributed by atoms with Gasteiger partial charge in [0.1, 0.15) is 16.6 Å². The van der Waals surface area contributed by atoms with Crippen LogP contribution in [0.2, 0.25) is 0 Å². The number of nitro benzene ring substituents is 2. The third-order valence-corrected chi connectivity index (χ3v) is 4.01. The Hall–Kier alpha value is -2.25. The highest BCUT2D eigenvalue weighted by molar-refractivity contribution is 7.99. The van der Waals surface area contributed by atoms with Crippen molar-refractivity contribution in [3.05, 3.63) is 43.5 Å². The maximum atomic E-state index is 11.2. The Morgan fingerprint density at radius 3 is 2.36 bits per heavy atom. The van der Waals surface area contributed by atoms with Gasteiger partial charge in [-0.15, -0.1) is 0 Å². The molecule has 0 saturated heterocycles. The van der Waals surface area contributed by atoms with Crippen LogP contribution in [0, 0.1) is 31.6 Å². The molecule has 0 aromatic heterocycles. The molecule has 0 amide bonds. The molecule has 0 aliphatic rings. The maximum Gasteiger partial charge on any atom is 0.287 e. The molecule has 0 unspecified atom stereocenters. The van der Waals surface area contributed by atoms with Crippen LogP contribution < -0.4 is 0 Å². The molecule has 0 saturated carbocycles. The smallest absolute Gasteiger partial charge is 0.287 e. The SMILES string of the molecule is CC(C)SN(C)C(=S)c1c(C#N)cc([N+](=O)[O-])cc1[N+](=O)[O-]. The minimum atomic E-state index is -0.784. The van der Waals surface area contributed by atoms with Crippen LogP contribution in [0.5, 0.6) is 0 Å². The molecule has 1 aromatic carbocycles. The van der Waals surface area contributed by atoms with Crippen LogP contribution in [-0.2, 0) is 0 Å². The Bertz CT molecular complexity index is 684. The predicted octanol–water partition coefficient (Wildman–Crippen LogP) is 3.04. The maximum absolute atomic E-state index is 11.2. The second-order valence-corrected chi connectivity index (χ2v) is 6.56. The lowest BCUT2D eigenvalue weighted by Crippen LogP contribution is -2.22. The van der Waals surface area contributed by atoms with E-state index < -0.39 is 21.2 Å². The molecule has 0 radical (unpaired) electrons. The summed E-state index contributed by atoms with van der Waals surface area (Å²) in [5.74, 6) is 0. The Labute approximate surface area is 136 Å². The topological polar surface area (TPSA) is 113 Å². The number of nitro groups is 2. The van der Waals surface area contributed by atoms with Crippen molar-refractivity contribution >= 4 is 40.5 Å². The van der Waals surface area contributed by atoms with E-state index in [1.54, 1.807) is 13.1 Å². The van der Waals surface area contributed by atoms with E-state index >= 15 is 0 Å². The van der Waals surface area contributed by atoms with Crippen LogP contribution in [0.15, 0.2) is 12.1 Å². The summed E-state index contributed by atoms with van der Waals surface area (Å²) in [6.45, 7) is 3.83. The van der Waals surface area contributed by atoms with Crippen LogP contribution in [0.25, 0.3) is 0 Å². The van der Waals surface area contributed by atoms with Gasteiger partial charge in [-0.1, -0.05) is 26.1 Å². The van der Waals surface area contributed by atoms with Crippen molar-refractivity contribution < 1.29 is 9.85 Å². The van der Waals surface area contributed by atoms with E-state index in [-0.39, 0.29) is 21.4 Å². The normalized spacial score (nSPS) is 10.1. The molecule has 0 heterocycles. The first-order valence-electron chi connectivity index (χ1n) is 6.00. The summed E-state index contributed by atoms with van der Waals surface area (Å²) in [5.41, 5.74) is -1.34. The lowest BCUT2D eigenvalue weighted by atomic mass is 10.0. The molecule has 0 fully saturated rings. The number of rotatable bonds is 5. The van der Waals surface area contributed by atoms with Gasteiger partial charge in [0.15, 0.2) is 0 Å². The summed E-state index contributed by atoms with van der Waals surface area (Å²) in [7, 11) is 1.62. The van der Waals surface area contributed by atoms with Crippen LogP contribution in [-0.4, -0.2) is 31.4 Å².